The van der Waals surface area contributed by atoms with Gasteiger partial charge in [0.1, 0.15) is 18.1 Å². The molecule has 0 spiro atoms. The smallest absolute Gasteiger partial charge is 0.417 e. The first-order valence-corrected chi connectivity index (χ1v) is 9.48. The van der Waals surface area contributed by atoms with Gasteiger partial charge in [0, 0.05) is 17.3 Å². The van der Waals surface area contributed by atoms with Gasteiger partial charge in [-0.1, -0.05) is 11.6 Å². The van der Waals surface area contributed by atoms with Gasteiger partial charge in [0.15, 0.2) is 0 Å². The van der Waals surface area contributed by atoms with Gasteiger partial charge in [-0.15, -0.1) is 0 Å². The van der Waals surface area contributed by atoms with Crippen LogP contribution in [0.2, 0.25) is 0 Å². The third-order valence-electron chi connectivity index (χ3n) is 3.87. The first kappa shape index (κ1) is 22.9. The highest BCUT2D eigenvalue weighted by Gasteiger charge is 2.30. The molecule has 0 atom stereocenters. The van der Waals surface area contributed by atoms with Crippen molar-refractivity contribution in [2.75, 3.05) is 19.8 Å². The van der Waals surface area contributed by atoms with Gasteiger partial charge in [0.05, 0.1) is 18.8 Å². The molecule has 0 aliphatic carbocycles. The van der Waals surface area contributed by atoms with E-state index in [2.05, 4.69) is 4.98 Å². The standard InChI is InChI=1S/C21H23ClF3NO3/c1-15-13-18(27-12-9-16(2)22)6-7-19(15)28-10-3-4-11-29-20-8-5-17(14-26-20)21(23,24)25/h5-9,13-14H,3-4,10-12H2,1-2H3/b16-9-. The molecule has 1 heterocycles. The summed E-state index contributed by atoms with van der Waals surface area (Å²) in [4.78, 5) is 3.66. The van der Waals surface area contributed by atoms with Crippen molar-refractivity contribution in [1.29, 1.82) is 0 Å². The van der Waals surface area contributed by atoms with Crippen LogP contribution in [0, 0.1) is 6.92 Å². The Bertz CT molecular complexity index is 804. The van der Waals surface area contributed by atoms with E-state index in [9.17, 15) is 13.2 Å². The van der Waals surface area contributed by atoms with Crippen LogP contribution in [-0.2, 0) is 6.18 Å². The van der Waals surface area contributed by atoms with Crippen molar-refractivity contribution in [1.82, 2.24) is 4.98 Å². The second kappa shape index (κ2) is 11.0. The van der Waals surface area contributed by atoms with E-state index < -0.39 is 11.7 Å². The lowest BCUT2D eigenvalue weighted by Gasteiger charge is -2.11. The van der Waals surface area contributed by atoms with Crippen LogP contribution in [0.1, 0.15) is 30.9 Å². The normalized spacial score (nSPS) is 12.0. The maximum atomic E-state index is 12.5. The van der Waals surface area contributed by atoms with Crippen molar-refractivity contribution in [3.8, 4) is 17.4 Å². The summed E-state index contributed by atoms with van der Waals surface area (Å²) < 4.78 is 54.1. The van der Waals surface area contributed by atoms with Crippen LogP contribution in [0.4, 0.5) is 13.2 Å². The fraction of sp³-hybridized carbons (Fsp3) is 0.381. The molecule has 1 aromatic carbocycles. The lowest BCUT2D eigenvalue weighted by Crippen LogP contribution is -2.07. The molecule has 0 bridgehead atoms. The van der Waals surface area contributed by atoms with E-state index in [1.165, 1.54) is 6.07 Å². The molecule has 1 aromatic heterocycles. The van der Waals surface area contributed by atoms with Gasteiger partial charge in [-0.25, -0.2) is 4.98 Å². The van der Waals surface area contributed by atoms with Crippen LogP contribution in [-0.4, -0.2) is 24.8 Å². The number of aryl methyl sites for hydroxylation is 1. The summed E-state index contributed by atoms with van der Waals surface area (Å²) in [6.45, 7) is 4.98. The minimum absolute atomic E-state index is 0.171. The Balaban J connectivity index is 1.67. The van der Waals surface area contributed by atoms with Crippen LogP contribution >= 0.6 is 11.6 Å². The largest absolute Gasteiger partial charge is 0.493 e. The molecule has 0 amide bonds. The Morgan fingerprint density at radius 1 is 1.07 bits per heavy atom. The number of halogens is 4. The van der Waals surface area contributed by atoms with E-state index in [1.807, 2.05) is 25.1 Å². The lowest BCUT2D eigenvalue weighted by atomic mass is 10.2. The number of allylic oxidation sites excluding steroid dienone is 1. The fourth-order valence-corrected chi connectivity index (χ4v) is 2.39. The van der Waals surface area contributed by atoms with Crippen LogP contribution in [0.3, 0.4) is 0 Å². The molecule has 0 radical (unpaired) electrons. The first-order valence-electron chi connectivity index (χ1n) is 9.10. The van der Waals surface area contributed by atoms with Gasteiger partial charge in [-0.3, -0.25) is 0 Å². The molecular weight excluding hydrogens is 407 g/mol. The Morgan fingerprint density at radius 3 is 2.38 bits per heavy atom. The molecule has 8 heteroatoms. The number of aromatic nitrogens is 1. The zero-order valence-corrected chi connectivity index (χ0v) is 17.0. The molecule has 2 rings (SSSR count). The van der Waals surface area contributed by atoms with E-state index in [0.717, 1.165) is 35.7 Å². The molecule has 29 heavy (non-hydrogen) atoms. The van der Waals surface area contributed by atoms with Crippen LogP contribution in [0.5, 0.6) is 17.4 Å². The van der Waals surface area contributed by atoms with Crippen molar-refractivity contribution in [3.05, 3.63) is 58.8 Å². The first-order chi connectivity index (χ1) is 13.8. The van der Waals surface area contributed by atoms with Crippen LogP contribution in [0.15, 0.2) is 47.6 Å². The number of nitrogens with zero attached hydrogens (tertiary/aromatic N) is 1. The lowest BCUT2D eigenvalue weighted by molar-refractivity contribution is -0.137. The maximum absolute atomic E-state index is 12.5. The molecule has 0 aliphatic rings. The molecule has 0 unspecified atom stereocenters. The quantitative estimate of drug-likeness (QED) is 0.423. The predicted octanol–water partition coefficient (Wildman–Crippen LogP) is 6.17. The average Bonchev–Trinajstić information content (AvgIpc) is 2.65. The number of unbranched alkanes of at least 4 members (excludes halogenated alkanes) is 1. The molecule has 0 saturated carbocycles. The number of pyridine rings is 1. The Morgan fingerprint density at radius 2 is 1.79 bits per heavy atom. The highest BCUT2D eigenvalue weighted by Crippen LogP contribution is 2.29. The zero-order chi connectivity index (χ0) is 21.3. The number of hydrogen-bond acceptors (Lipinski definition) is 4. The van der Waals surface area contributed by atoms with Gasteiger partial charge in [0.25, 0.3) is 0 Å². The molecule has 2 aromatic rings. The molecule has 0 N–H and O–H groups in total. The second-order valence-corrected chi connectivity index (χ2v) is 6.91. The number of rotatable bonds is 10. The van der Waals surface area contributed by atoms with Gasteiger partial charge in [-0.05, 0) is 62.6 Å². The molecule has 0 saturated heterocycles. The summed E-state index contributed by atoms with van der Waals surface area (Å²) in [5.74, 6) is 1.68. The molecule has 0 aliphatic heterocycles. The topological polar surface area (TPSA) is 40.6 Å². The van der Waals surface area contributed by atoms with Crippen molar-refractivity contribution >= 4 is 11.6 Å². The van der Waals surface area contributed by atoms with Gasteiger partial charge in [-0.2, -0.15) is 13.2 Å². The number of hydrogen-bond donors (Lipinski definition) is 0. The summed E-state index contributed by atoms with van der Waals surface area (Å²) in [6.07, 6.45) is -0.428. The minimum Gasteiger partial charge on any atom is -0.493 e. The Labute approximate surface area is 173 Å². The van der Waals surface area contributed by atoms with Crippen LogP contribution in [0.25, 0.3) is 0 Å². The summed E-state index contributed by atoms with van der Waals surface area (Å²) in [6, 6.07) is 7.75. The zero-order valence-electron chi connectivity index (χ0n) is 16.3. The summed E-state index contributed by atoms with van der Waals surface area (Å²) in [5.41, 5.74) is 0.162. The molecule has 0 fully saturated rings. The van der Waals surface area contributed by atoms with E-state index in [4.69, 9.17) is 25.8 Å². The van der Waals surface area contributed by atoms with Crippen molar-refractivity contribution in [3.63, 3.8) is 0 Å². The van der Waals surface area contributed by atoms with E-state index in [1.54, 1.807) is 13.0 Å². The molecule has 158 valence electrons. The highest BCUT2D eigenvalue weighted by molar-refractivity contribution is 6.29. The van der Waals surface area contributed by atoms with Gasteiger partial charge in [0.2, 0.25) is 5.88 Å². The third kappa shape index (κ3) is 8.23. The summed E-state index contributed by atoms with van der Waals surface area (Å²) >= 11 is 5.76. The van der Waals surface area contributed by atoms with E-state index in [-0.39, 0.29) is 5.88 Å². The van der Waals surface area contributed by atoms with Crippen molar-refractivity contribution in [2.45, 2.75) is 32.9 Å². The highest BCUT2D eigenvalue weighted by atomic mass is 35.5. The summed E-state index contributed by atoms with van der Waals surface area (Å²) in [7, 11) is 0. The number of alkyl halides is 3. The monoisotopic (exact) mass is 429 g/mol. The summed E-state index contributed by atoms with van der Waals surface area (Å²) in [5, 5.41) is 0.680. The second-order valence-electron chi connectivity index (χ2n) is 6.32. The predicted molar refractivity (Wildman–Crippen MR) is 106 cm³/mol. The Hall–Kier alpha value is -2.41. The SMILES string of the molecule is C/C(Cl)=C/COc1ccc(OCCCCOc2ccc(C(F)(F)F)cn2)c(C)c1. The van der Waals surface area contributed by atoms with Crippen molar-refractivity contribution in [2.24, 2.45) is 0 Å². The molecule has 4 nitrogen and oxygen atoms in total. The van der Waals surface area contributed by atoms with E-state index in [0.29, 0.717) is 31.3 Å². The van der Waals surface area contributed by atoms with Crippen molar-refractivity contribution < 1.29 is 27.4 Å². The third-order valence-corrected chi connectivity index (χ3v) is 4.03. The van der Waals surface area contributed by atoms with E-state index >= 15 is 0 Å². The average molecular weight is 430 g/mol. The van der Waals surface area contributed by atoms with Crippen LogP contribution < -0.4 is 14.2 Å². The maximum Gasteiger partial charge on any atom is 0.417 e. The van der Waals surface area contributed by atoms with Gasteiger partial charge >= 0.3 is 6.18 Å². The number of benzene rings is 1. The number of ether oxygens (including phenoxy) is 3. The fourth-order valence-electron chi connectivity index (χ4n) is 2.32. The minimum atomic E-state index is -4.40. The Kier molecular flexibility index (Phi) is 8.64. The molecular formula is C21H23ClF3NO3. The van der Waals surface area contributed by atoms with Gasteiger partial charge < -0.3 is 14.2 Å².